The van der Waals surface area contributed by atoms with Gasteiger partial charge < -0.3 is 10.4 Å². The predicted molar refractivity (Wildman–Crippen MR) is 115 cm³/mol. The Kier molecular flexibility index (Phi) is 7.49. The topological polar surface area (TPSA) is 105 Å². The summed E-state index contributed by atoms with van der Waals surface area (Å²) in [4.78, 5) is 36.8. The van der Waals surface area contributed by atoms with Crippen molar-refractivity contribution in [3.63, 3.8) is 0 Å². The van der Waals surface area contributed by atoms with E-state index in [1.165, 1.54) is 11.1 Å². The quantitative estimate of drug-likeness (QED) is 0.574. The van der Waals surface area contributed by atoms with E-state index in [-0.39, 0.29) is 24.5 Å². The first-order valence-corrected chi connectivity index (χ1v) is 10.7. The van der Waals surface area contributed by atoms with Crippen molar-refractivity contribution in [2.24, 2.45) is 0 Å². The van der Waals surface area contributed by atoms with Crippen LogP contribution in [-0.2, 0) is 22.4 Å². The normalized spacial score (nSPS) is 13.9. The van der Waals surface area contributed by atoms with Crippen molar-refractivity contribution in [2.75, 3.05) is 11.9 Å². The third-order valence-electron chi connectivity index (χ3n) is 5.60. The van der Waals surface area contributed by atoms with Crippen LogP contribution >= 0.6 is 0 Å². The van der Waals surface area contributed by atoms with Gasteiger partial charge in [0.05, 0.1) is 6.42 Å². The highest BCUT2D eigenvalue weighted by molar-refractivity contribution is 5.80. The SMILES string of the molecule is Cc1ncc([C@H](CC(=O)O)CC(=O)CCCCc2nc3c(cc2C)CCCN3)cn1. The molecule has 7 nitrogen and oxygen atoms in total. The number of rotatable bonds is 10. The third-order valence-corrected chi connectivity index (χ3v) is 5.60. The van der Waals surface area contributed by atoms with Crippen LogP contribution in [-0.4, -0.2) is 38.4 Å². The minimum atomic E-state index is -0.920. The minimum absolute atomic E-state index is 0.0820. The van der Waals surface area contributed by atoms with Crippen LogP contribution in [0.1, 0.15) is 72.7 Å². The maximum Gasteiger partial charge on any atom is 0.303 e. The molecule has 3 heterocycles. The number of carboxylic acids is 1. The molecule has 1 aliphatic rings. The van der Waals surface area contributed by atoms with Crippen LogP contribution in [0.3, 0.4) is 0 Å². The lowest BCUT2D eigenvalue weighted by atomic mass is 9.91. The van der Waals surface area contributed by atoms with Gasteiger partial charge in [-0.05, 0) is 62.6 Å². The van der Waals surface area contributed by atoms with E-state index in [4.69, 9.17) is 4.98 Å². The van der Waals surface area contributed by atoms with E-state index in [0.29, 0.717) is 17.8 Å². The number of aliphatic carboxylic acids is 1. The number of Topliss-reactive ketones (excluding diaryl/α,β-unsaturated/α-hetero) is 1. The molecule has 0 amide bonds. The highest BCUT2D eigenvalue weighted by atomic mass is 16.4. The van der Waals surface area contributed by atoms with Gasteiger partial charge in [0, 0.05) is 43.4 Å². The fraction of sp³-hybridized carbons (Fsp3) is 0.522. The Balaban J connectivity index is 1.50. The van der Waals surface area contributed by atoms with Gasteiger partial charge in [-0.3, -0.25) is 9.59 Å². The molecule has 30 heavy (non-hydrogen) atoms. The van der Waals surface area contributed by atoms with E-state index in [1.54, 1.807) is 19.3 Å². The molecule has 0 unspecified atom stereocenters. The number of anilines is 1. The number of hydrogen-bond donors (Lipinski definition) is 2. The first kappa shape index (κ1) is 21.9. The number of fused-ring (bicyclic) bond motifs is 1. The lowest BCUT2D eigenvalue weighted by Gasteiger charge is -2.19. The third kappa shape index (κ3) is 6.08. The summed E-state index contributed by atoms with van der Waals surface area (Å²) in [7, 11) is 0. The van der Waals surface area contributed by atoms with Crippen LogP contribution < -0.4 is 5.32 Å². The average Bonchev–Trinajstić information content (AvgIpc) is 2.71. The van der Waals surface area contributed by atoms with Crippen LogP contribution in [0.4, 0.5) is 5.82 Å². The lowest BCUT2D eigenvalue weighted by Crippen LogP contribution is -2.15. The molecule has 0 bridgehead atoms. The zero-order valence-corrected chi connectivity index (χ0v) is 17.8. The van der Waals surface area contributed by atoms with Gasteiger partial charge in [0.25, 0.3) is 0 Å². The Bertz CT molecular complexity index is 896. The summed E-state index contributed by atoms with van der Waals surface area (Å²) in [5.41, 5.74) is 4.31. The number of carboxylic acid groups (broad SMARTS) is 1. The van der Waals surface area contributed by atoms with Gasteiger partial charge in [0.2, 0.25) is 0 Å². The molecule has 2 aromatic rings. The highest BCUT2D eigenvalue weighted by Crippen LogP contribution is 2.25. The molecule has 1 aliphatic heterocycles. The van der Waals surface area contributed by atoms with Crippen molar-refractivity contribution >= 4 is 17.6 Å². The number of unbranched alkanes of at least 4 members (excludes halogenated alkanes) is 1. The van der Waals surface area contributed by atoms with E-state index in [1.807, 2.05) is 0 Å². The number of carbonyl (C=O) groups is 2. The Morgan fingerprint density at radius 2 is 1.93 bits per heavy atom. The second-order valence-electron chi connectivity index (χ2n) is 8.10. The predicted octanol–water partition coefficient (Wildman–Crippen LogP) is 3.78. The first-order chi connectivity index (χ1) is 14.4. The smallest absolute Gasteiger partial charge is 0.303 e. The fourth-order valence-corrected chi connectivity index (χ4v) is 3.91. The maximum atomic E-state index is 12.5. The summed E-state index contributed by atoms with van der Waals surface area (Å²) in [5, 5.41) is 12.6. The molecule has 0 radical (unpaired) electrons. The Morgan fingerprint density at radius 3 is 2.67 bits per heavy atom. The number of ketones is 1. The van der Waals surface area contributed by atoms with E-state index >= 15 is 0 Å². The molecule has 0 aromatic carbocycles. The molecule has 0 fully saturated rings. The first-order valence-electron chi connectivity index (χ1n) is 10.7. The summed E-state index contributed by atoms with van der Waals surface area (Å²) in [6.07, 6.45) is 8.54. The summed E-state index contributed by atoms with van der Waals surface area (Å²) < 4.78 is 0. The zero-order chi connectivity index (χ0) is 21.5. The van der Waals surface area contributed by atoms with Crippen LogP contribution in [0.5, 0.6) is 0 Å². The van der Waals surface area contributed by atoms with Crippen LogP contribution in [0.2, 0.25) is 0 Å². The van der Waals surface area contributed by atoms with Crippen LogP contribution in [0, 0.1) is 13.8 Å². The average molecular weight is 411 g/mol. The van der Waals surface area contributed by atoms with Gasteiger partial charge in [-0.15, -0.1) is 0 Å². The summed E-state index contributed by atoms with van der Waals surface area (Å²) in [5.74, 6) is 0.413. The van der Waals surface area contributed by atoms with Crippen molar-refractivity contribution in [2.45, 2.75) is 71.1 Å². The lowest BCUT2D eigenvalue weighted by molar-refractivity contribution is -0.137. The number of hydrogen-bond acceptors (Lipinski definition) is 6. The minimum Gasteiger partial charge on any atom is -0.481 e. The molecule has 1 atom stereocenters. The van der Waals surface area contributed by atoms with Gasteiger partial charge in [0.15, 0.2) is 0 Å². The standard InChI is InChI=1S/C23H30N4O3/c1-15-10-17-6-5-9-24-23(17)27-21(15)8-4-3-7-20(28)11-18(12-22(29)30)19-13-25-16(2)26-14-19/h10,13-14,18H,3-9,11-12H2,1-2H3,(H,24,27)(H,29,30)/t18-/m0/s1. The molecule has 2 N–H and O–H groups in total. The molecule has 160 valence electrons. The van der Waals surface area contributed by atoms with Crippen molar-refractivity contribution in [3.05, 3.63) is 46.7 Å². The monoisotopic (exact) mass is 410 g/mol. The van der Waals surface area contributed by atoms with Crippen LogP contribution in [0.25, 0.3) is 0 Å². The molecule has 3 rings (SSSR count). The summed E-state index contributed by atoms with van der Waals surface area (Å²) in [6, 6.07) is 2.23. The van der Waals surface area contributed by atoms with Gasteiger partial charge in [-0.1, -0.05) is 6.07 Å². The second kappa shape index (κ2) is 10.3. The molecule has 0 saturated heterocycles. The summed E-state index contributed by atoms with van der Waals surface area (Å²) in [6.45, 7) is 4.85. The Labute approximate surface area is 177 Å². The zero-order valence-electron chi connectivity index (χ0n) is 17.8. The number of nitrogens with zero attached hydrogens (tertiary/aromatic N) is 3. The molecule has 2 aromatic heterocycles. The number of nitrogens with one attached hydrogen (secondary N) is 1. The molecular formula is C23H30N4O3. The molecule has 0 spiro atoms. The summed E-state index contributed by atoms with van der Waals surface area (Å²) >= 11 is 0. The largest absolute Gasteiger partial charge is 0.481 e. The van der Waals surface area contributed by atoms with Crippen molar-refractivity contribution < 1.29 is 14.7 Å². The molecular weight excluding hydrogens is 380 g/mol. The van der Waals surface area contributed by atoms with Crippen molar-refractivity contribution in [1.82, 2.24) is 15.0 Å². The Morgan fingerprint density at radius 1 is 1.17 bits per heavy atom. The van der Waals surface area contributed by atoms with E-state index in [2.05, 4.69) is 28.3 Å². The van der Waals surface area contributed by atoms with Gasteiger partial charge in [0.1, 0.15) is 17.4 Å². The Hall–Kier alpha value is -2.83. The number of aryl methyl sites for hydroxylation is 4. The maximum absolute atomic E-state index is 12.5. The molecule has 0 aliphatic carbocycles. The number of pyridine rings is 1. The van der Waals surface area contributed by atoms with Crippen molar-refractivity contribution in [1.29, 1.82) is 0 Å². The molecule has 7 heteroatoms. The van der Waals surface area contributed by atoms with Gasteiger partial charge in [-0.2, -0.15) is 0 Å². The van der Waals surface area contributed by atoms with E-state index < -0.39 is 5.97 Å². The van der Waals surface area contributed by atoms with Gasteiger partial charge in [-0.25, -0.2) is 15.0 Å². The fourth-order valence-electron chi connectivity index (χ4n) is 3.91. The number of carbonyl (C=O) groups excluding carboxylic acids is 1. The highest BCUT2D eigenvalue weighted by Gasteiger charge is 2.20. The van der Waals surface area contributed by atoms with Crippen LogP contribution in [0.15, 0.2) is 18.5 Å². The van der Waals surface area contributed by atoms with E-state index in [9.17, 15) is 14.7 Å². The number of aromatic nitrogens is 3. The van der Waals surface area contributed by atoms with E-state index in [0.717, 1.165) is 50.2 Å². The van der Waals surface area contributed by atoms with Gasteiger partial charge >= 0.3 is 5.97 Å². The second-order valence-corrected chi connectivity index (χ2v) is 8.10. The van der Waals surface area contributed by atoms with Crippen molar-refractivity contribution in [3.8, 4) is 0 Å². The molecule has 0 saturated carbocycles.